The molecule has 0 unspecified atom stereocenters. The van der Waals surface area contributed by atoms with Crippen LogP contribution in [0.25, 0.3) is 0 Å². The number of furan rings is 1. The summed E-state index contributed by atoms with van der Waals surface area (Å²) in [6.45, 7) is 2.68. The molecule has 3 heteroatoms. The molecule has 1 aromatic heterocycles. The lowest BCUT2D eigenvalue weighted by atomic mass is 10.1. The Labute approximate surface area is 100 Å². The van der Waals surface area contributed by atoms with E-state index in [1.165, 1.54) is 5.56 Å². The Bertz CT molecular complexity index is 459. The molecule has 0 atom stereocenters. The van der Waals surface area contributed by atoms with E-state index in [1.54, 1.807) is 6.26 Å². The van der Waals surface area contributed by atoms with Crippen LogP contribution in [0.4, 0.5) is 0 Å². The molecule has 0 aliphatic heterocycles. The van der Waals surface area contributed by atoms with Gasteiger partial charge in [-0.25, -0.2) is 0 Å². The van der Waals surface area contributed by atoms with E-state index in [-0.39, 0.29) is 0 Å². The Kier molecular flexibility index (Phi) is 3.37. The zero-order valence-electron chi connectivity index (χ0n) is 9.07. The molecule has 0 saturated carbocycles. The van der Waals surface area contributed by atoms with E-state index in [0.29, 0.717) is 6.54 Å². The summed E-state index contributed by atoms with van der Waals surface area (Å²) < 4.78 is 5.22. The van der Waals surface area contributed by atoms with Crippen molar-refractivity contribution < 1.29 is 4.42 Å². The minimum atomic E-state index is 0.625. The summed E-state index contributed by atoms with van der Waals surface area (Å²) in [6, 6.07) is 11.9. The van der Waals surface area contributed by atoms with Gasteiger partial charge in [0.25, 0.3) is 0 Å². The zero-order chi connectivity index (χ0) is 11.4. The average Bonchev–Trinajstić information content (AvgIpc) is 2.80. The molecule has 0 aliphatic carbocycles. The Morgan fingerprint density at radius 2 is 2.00 bits per heavy atom. The third kappa shape index (κ3) is 2.70. The lowest BCUT2D eigenvalue weighted by molar-refractivity contribution is 0.504. The van der Waals surface area contributed by atoms with Crippen molar-refractivity contribution in [2.45, 2.75) is 13.5 Å². The smallest absolute Gasteiger partial charge is 0.122 e. The third-order valence-electron chi connectivity index (χ3n) is 2.32. The Morgan fingerprint density at radius 3 is 2.62 bits per heavy atom. The van der Waals surface area contributed by atoms with Gasteiger partial charge in [-0.3, -0.25) is 0 Å². The van der Waals surface area contributed by atoms with Gasteiger partial charge in [0.15, 0.2) is 0 Å². The fourth-order valence-corrected chi connectivity index (χ4v) is 1.60. The first kappa shape index (κ1) is 10.9. The van der Waals surface area contributed by atoms with Crippen LogP contribution in [0.15, 0.2) is 47.1 Å². The molecule has 2 nitrogen and oxygen atoms in total. The fourth-order valence-electron chi connectivity index (χ4n) is 1.39. The number of hydrogen-bond acceptors (Lipinski definition) is 2. The van der Waals surface area contributed by atoms with Crippen LogP contribution in [0.1, 0.15) is 16.9 Å². The molecule has 0 amide bonds. The van der Waals surface area contributed by atoms with Crippen molar-refractivity contribution in [2.24, 2.45) is 0 Å². The highest BCUT2D eigenvalue weighted by Crippen LogP contribution is 2.05. The second kappa shape index (κ2) is 4.94. The van der Waals surface area contributed by atoms with E-state index in [1.807, 2.05) is 24.3 Å². The monoisotopic (exact) mass is 231 g/mol. The molecule has 0 aliphatic rings. The molecule has 82 valence electrons. The van der Waals surface area contributed by atoms with Gasteiger partial charge >= 0.3 is 0 Å². The first-order valence-corrected chi connectivity index (χ1v) is 5.54. The summed E-state index contributed by atoms with van der Waals surface area (Å²) in [4.78, 5) is 0.747. The highest BCUT2D eigenvalue weighted by Gasteiger charge is 2.01. The molecule has 0 fully saturated rings. The van der Waals surface area contributed by atoms with Crippen molar-refractivity contribution in [2.75, 3.05) is 0 Å². The molecule has 0 radical (unpaired) electrons. The van der Waals surface area contributed by atoms with Gasteiger partial charge in [0.2, 0.25) is 0 Å². The lowest BCUT2D eigenvalue weighted by Crippen LogP contribution is -2.21. The minimum absolute atomic E-state index is 0.625. The van der Waals surface area contributed by atoms with Crippen LogP contribution in [0.5, 0.6) is 0 Å². The van der Waals surface area contributed by atoms with Crippen molar-refractivity contribution in [3.05, 3.63) is 59.5 Å². The maximum absolute atomic E-state index is 5.28. The number of aryl methyl sites for hydroxylation is 1. The van der Waals surface area contributed by atoms with Crippen LogP contribution < -0.4 is 5.32 Å². The van der Waals surface area contributed by atoms with Crippen molar-refractivity contribution >= 4 is 17.2 Å². The van der Waals surface area contributed by atoms with Crippen molar-refractivity contribution in [1.29, 1.82) is 0 Å². The lowest BCUT2D eigenvalue weighted by Gasteiger charge is -2.06. The summed E-state index contributed by atoms with van der Waals surface area (Å²) in [7, 11) is 0. The Hall–Kier alpha value is -1.61. The second-order valence-corrected chi connectivity index (χ2v) is 4.04. The summed E-state index contributed by atoms with van der Waals surface area (Å²) >= 11 is 5.28. The molecule has 0 saturated heterocycles. The Morgan fingerprint density at radius 1 is 1.25 bits per heavy atom. The van der Waals surface area contributed by atoms with E-state index in [0.717, 1.165) is 16.3 Å². The number of benzene rings is 1. The van der Waals surface area contributed by atoms with Crippen LogP contribution in [0.3, 0.4) is 0 Å². The van der Waals surface area contributed by atoms with E-state index in [9.17, 15) is 0 Å². The SMILES string of the molecule is Cc1ccc(C(=S)NCc2ccco2)cc1. The summed E-state index contributed by atoms with van der Waals surface area (Å²) in [5, 5.41) is 3.16. The van der Waals surface area contributed by atoms with Crippen LogP contribution in [-0.2, 0) is 6.54 Å². The topological polar surface area (TPSA) is 25.2 Å². The molecule has 16 heavy (non-hydrogen) atoms. The molecular formula is C13H13NOS. The van der Waals surface area contributed by atoms with Gasteiger partial charge in [-0.05, 0) is 19.1 Å². The second-order valence-electron chi connectivity index (χ2n) is 3.63. The molecule has 1 aromatic carbocycles. The van der Waals surface area contributed by atoms with Gasteiger partial charge in [-0.1, -0.05) is 42.0 Å². The molecule has 2 rings (SSSR count). The van der Waals surface area contributed by atoms with E-state index in [4.69, 9.17) is 16.6 Å². The molecule has 2 aromatic rings. The third-order valence-corrected chi connectivity index (χ3v) is 2.70. The predicted molar refractivity (Wildman–Crippen MR) is 68.4 cm³/mol. The van der Waals surface area contributed by atoms with Gasteiger partial charge in [-0.2, -0.15) is 0 Å². The highest BCUT2D eigenvalue weighted by atomic mass is 32.1. The predicted octanol–water partition coefficient (Wildman–Crippen LogP) is 3.05. The molecule has 1 N–H and O–H groups in total. The van der Waals surface area contributed by atoms with Crippen LogP contribution in [0.2, 0.25) is 0 Å². The number of thiocarbonyl (C=S) groups is 1. The highest BCUT2D eigenvalue weighted by molar-refractivity contribution is 7.80. The van der Waals surface area contributed by atoms with Gasteiger partial charge < -0.3 is 9.73 Å². The van der Waals surface area contributed by atoms with E-state index >= 15 is 0 Å². The van der Waals surface area contributed by atoms with Crippen molar-refractivity contribution in [3.8, 4) is 0 Å². The summed E-state index contributed by atoms with van der Waals surface area (Å²) in [5.41, 5.74) is 2.27. The molecule has 0 spiro atoms. The Balaban J connectivity index is 1.95. The number of rotatable bonds is 3. The van der Waals surface area contributed by atoms with E-state index in [2.05, 4.69) is 24.4 Å². The van der Waals surface area contributed by atoms with Gasteiger partial charge in [0.05, 0.1) is 12.8 Å². The van der Waals surface area contributed by atoms with Crippen LogP contribution in [0, 0.1) is 6.92 Å². The first-order valence-electron chi connectivity index (χ1n) is 5.13. The quantitative estimate of drug-likeness (QED) is 0.822. The first-order chi connectivity index (χ1) is 7.75. The van der Waals surface area contributed by atoms with Crippen molar-refractivity contribution in [3.63, 3.8) is 0 Å². The summed E-state index contributed by atoms with van der Waals surface area (Å²) in [5.74, 6) is 0.884. The molecule has 0 bridgehead atoms. The van der Waals surface area contributed by atoms with E-state index < -0.39 is 0 Å². The standard InChI is InChI=1S/C13H13NOS/c1-10-4-6-11(7-5-10)13(16)14-9-12-3-2-8-15-12/h2-8H,9H2,1H3,(H,14,16). The molecule has 1 heterocycles. The number of hydrogen-bond donors (Lipinski definition) is 1. The fraction of sp³-hybridized carbons (Fsp3) is 0.154. The van der Waals surface area contributed by atoms with Crippen LogP contribution in [-0.4, -0.2) is 4.99 Å². The minimum Gasteiger partial charge on any atom is -0.467 e. The maximum atomic E-state index is 5.28. The zero-order valence-corrected chi connectivity index (χ0v) is 9.88. The average molecular weight is 231 g/mol. The summed E-state index contributed by atoms with van der Waals surface area (Å²) in [6.07, 6.45) is 1.66. The normalized spacial score (nSPS) is 10.1. The molecular weight excluding hydrogens is 218 g/mol. The largest absolute Gasteiger partial charge is 0.467 e. The van der Waals surface area contributed by atoms with Crippen LogP contribution >= 0.6 is 12.2 Å². The maximum Gasteiger partial charge on any atom is 0.122 e. The van der Waals surface area contributed by atoms with Gasteiger partial charge in [-0.15, -0.1) is 0 Å². The van der Waals surface area contributed by atoms with Crippen molar-refractivity contribution in [1.82, 2.24) is 5.32 Å². The van der Waals surface area contributed by atoms with Gasteiger partial charge in [0.1, 0.15) is 10.7 Å². The van der Waals surface area contributed by atoms with Gasteiger partial charge in [0, 0.05) is 5.56 Å². The number of nitrogens with one attached hydrogen (secondary N) is 1.